The summed E-state index contributed by atoms with van der Waals surface area (Å²) in [6.07, 6.45) is 0. The van der Waals surface area contributed by atoms with Crippen LogP contribution in [0.25, 0.3) is 0 Å². The van der Waals surface area contributed by atoms with Gasteiger partial charge in [0.1, 0.15) is 5.75 Å². The zero-order valence-electron chi connectivity index (χ0n) is 14.4. The molecule has 1 saturated heterocycles. The molecule has 1 heterocycles. The fraction of sp³-hybridized carbons (Fsp3) is 0.538. The van der Waals surface area contributed by atoms with E-state index in [4.69, 9.17) is 21.7 Å². The molecule has 5 nitrogen and oxygen atoms in total. The second-order valence-corrected chi connectivity index (χ2v) is 17.2. The van der Waals surface area contributed by atoms with Crippen molar-refractivity contribution in [3.05, 3.63) is 24.3 Å². The summed E-state index contributed by atoms with van der Waals surface area (Å²) in [6.45, 7) is 12.2. The van der Waals surface area contributed by atoms with Gasteiger partial charge in [0.05, 0.1) is 7.11 Å². The average molecular weight is 356 g/mol. The first-order valence-corrected chi connectivity index (χ1v) is 15.9. The summed E-state index contributed by atoms with van der Waals surface area (Å²) in [5, 5.41) is 0. The summed E-state index contributed by atoms with van der Waals surface area (Å²) >= 11 is 0. The van der Waals surface area contributed by atoms with E-state index in [1.807, 2.05) is 50.5 Å². The highest BCUT2D eigenvalue weighted by atomic mass is 28.5. The molecule has 1 aromatic rings. The van der Waals surface area contributed by atoms with Crippen molar-refractivity contribution in [3.8, 4) is 5.75 Å². The van der Waals surface area contributed by atoms with Gasteiger partial charge >= 0.3 is 32.8 Å². The lowest BCUT2D eigenvalue weighted by Crippen LogP contribution is -2.63. The topological polar surface area (TPSA) is 46.2 Å². The molecule has 2 rings (SSSR count). The van der Waals surface area contributed by atoms with E-state index in [0.717, 1.165) is 11.2 Å². The van der Waals surface area contributed by atoms with Crippen molar-refractivity contribution in [2.75, 3.05) is 7.11 Å². The van der Waals surface area contributed by atoms with Crippen molar-refractivity contribution in [1.29, 1.82) is 0 Å². The van der Waals surface area contributed by atoms with Crippen molar-refractivity contribution < 1.29 is 21.7 Å². The summed E-state index contributed by atoms with van der Waals surface area (Å²) in [7, 11) is -5.72. The van der Waals surface area contributed by atoms with Crippen LogP contribution in [0.4, 0.5) is 0 Å². The molecule has 22 heavy (non-hydrogen) atoms. The van der Waals surface area contributed by atoms with Crippen LogP contribution in [0.3, 0.4) is 0 Å². The first-order chi connectivity index (χ1) is 10.0. The molecule has 0 saturated carbocycles. The van der Waals surface area contributed by atoms with Gasteiger partial charge in [0.2, 0.25) is 0 Å². The van der Waals surface area contributed by atoms with Crippen LogP contribution in [0.2, 0.25) is 39.3 Å². The Balaban J connectivity index is 2.29. The lowest BCUT2D eigenvalue weighted by molar-refractivity contribution is 0.254. The third kappa shape index (κ3) is 4.78. The molecule has 0 atom stereocenters. The maximum absolute atomic E-state index is 6.26. The molecular weight excluding hydrogens is 331 g/mol. The van der Waals surface area contributed by atoms with Gasteiger partial charge < -0.3 is 21.7 Å². The van der Waals surface area contributed by atoms with Gasteiger partial charge in [-0.2, -0.15) is 0 Å². The first kappa shape index (κ1) is 17.9. The minimum Gasteiger partial charge on any atom is -0.497 e. The third-order valence-corrected chi connectivity index (χ3v) is 12.6. The Morgan fingerprint density at radius 3 is 1.64 bits per heavy atom. The zero-order chi connectivity index (χ0) is 16.6. The van der Waals surface area contributed by atoms with Crippen molar-refractivity contribution in [2.45, 2.75) is 39.3 Å². The van der Waals surface area contributed by atoms with E-state index >= 15 is 0 Å². The van der Waals surface area contributed by atoms with Gasteiger partial charge in [-0.3, -0.25) is 0 Å². The summed E-state index contributed by atoms with van der Waals surface area (Å²) in [6, 6.07) is 7.74. The molecule has 0 aromatic heterocycles. The van der Waals surface area contributed by atoms with E-state index in [0.29, 0.717) is 0 Å². The minimum absolute atomic E-state index is 0.459. The number of benzene rings is 1. The quantitative estimate of drug-likeness (QED) is 0.762. The molecule has 1 fully saturated rings. The molecule has 0 bridgehead atoms. The predicted molar refractivity (Wildman–Crippen MR) is 95.2 cm³/mol. The second kappa shape index (κ2) is 6.23. The smallest absolute Gasteiger partial charge is 0.475 e. The van der Waals surface area contributed by atoms with Crippen molar-refractivity contribution in [1.82, 2.24) is 0 Å². The first-order valence-electron chi connectivity index (χ1n) is 7.42. The van der Waals surface area contributed by atoms with E-state index in [1.165, 1.54) is 0 Å². The molecule has 9 heteroatoms. The van der Waals surface area contributed by atoms with Crippen LogP contribution < -0.4 is 10.2 Å². The molecule has 0 aliphatic carbocycles. The Kier molecular flexibility index (Phi) is 5.08. The molecule has 1 aliphatic rings. The van der Waals surface area contributed by atoms with E-state index in [-0.39, 0.29) is 0 Å². The highest BCUT2D eigenvalue weighted by molar-refractivity contribution is 6.91. The number of hydrogen-bond acceptors (Lipinski definition) is 5. The molecule has 0 radical (unpaired) electrons. The Morgan fingerprint density at radius 2 is 1.23 bits per heavy atom. The van der Waals surface area contributed by atoms with E-state index in [9.17, 15) is 0 Å². The molecular formula is C13H25BO5Si3. The van der Waals surface area contributed by atoms with Gasteiger partial charge in [0.15, 0.2) is 0 Å². The van der Waals surface area contributed by atoms with Crippen LogP contribution in [-0.2, 0) is 16.9 Å². The summed E-state index contributed by atoms with van der Waals surface area (Å²) in [5.74, 6) is 0.809. The summed E-state index contributed by atoms with van der Waals surface area (Å²) in [5.41, 5.74) is 0.954. The molecule has 0 spiro atoms. The molecule has 0 unspecified atom stereocenters. The van der Waals surface area contributed by atoms with E-state index in [1.54, 1.807) is 7.11 Å². The molecule has 1 aromatic carbocycles. The Morgan fingerprint density at radius 1 is 0.773 bits per heavy atom. The fourth-order valence-corrected chi connectivity index (χ4v) is 14.6. The van der Waals surface area contributed by atoms with Gasteiger partial charge in [-0.1, -0.05) is 12.1 Å². The largest absolute Gasteiger partial charge is 0.497 e. The molecule has 1 aliphatic heterocycles. The number of methoxy groups -OCH3 is 1. The number of ether oxygens (including phenoxy) is 1. The Bertz CT molecular complexity index is 499. The summed E-state index contributed by atoms with van der Waals surface area (Å²) in [4.78, 5) is 0. The predicted octanol–water partition coefficient (Wildman–Crippen LogP) is 2.58. The van der Waals surface area contributed by atoms with Crippen LogP contribution >= 0.6 is 0 Å². The van der Waals surface area contributed by atoms with Gasteiger partial charge in [-0.15, -0.1) is 0 Å². The van der Waals surface area contributed by atoms with E-state index < -0.39 is 32.8 Å². The monoisotopic (exact) mass is 356 g/mol. The zero-order valence-corrected chi connectivity index (χ0v) is 17.4. The Hall–Kier alpha value is -0.424. The molecule has 0 N–H and O–H groups in total. The maximum atomic E-state index is 6.26. The minimum atomic E-state index is -2.34. The highest BCUT2D eigenvalue weighted by Crippen LogP contribution is 2.26. The third-order valence-electron chi connectivity index (χ3n) is 3.15. The SMILES string of the molecule is COc1ccc(B2O[Si](C)(C)O[Si](C)(C)O[Si](C)(C)O2)cc1. The van der Waals surface area contributed by atoms with Crippen LogP contribution in [0.15, 0.2) is 24.3 Å². The number of hydrogen-bond donors (Lipinski definition) is 0. The van der Waals surface area contributed by atoms with Gasteiger partial charge in [-0.05, 0) is 56.9 Å². The van der Waals surface area contributed by atoms with Crippen molar-refractivity contribution in [3.63, 3.8) is 0 Å². The van der Waals surface area contributed by atoms with Gasteiger partial charge in [0, 0.05) is 0 Å². The average Bonchev–Trinajstić information content (AvgIpc) is 2.33. The van der Waals surface area contributed by atoms with Crippen LogP contribution in [-0.4, -0.2) is 39.9 Å². The van der Waals surface area contributed by atoms with E-state index in [2.05, 4.69) is 13.1 Å². The second-order valence-electron chi connectivity index (χ2n) is 6.74. The lowest BCUT2D eigenvalue weighted by Gasteiger charge is -2.43. The molecule has 0 amide bonds. The van der Waals surface area contributed by atoms with Crippen molar-refractivity contribution in [2.24, 2.45) is 0 Å². The fourth-order valence-electron chi connectivity index (χ4n) is 2.69. The normalized spacial score (nSPS) is 23.5. The van der Waals surface area contributed by atoms with Crippen molar-refractivity contribution >= 4 is 38.3 Å². The van der Waals surface area contributed by atoms with Crippen LogP contribution in [0, 0.1) is 0 Å². The standard InChI is InChI=1S/C13H25BO5Si3/c1-15-13-10-8-12(9-11-13)14-16-20(2,3)18-22(6,7)19-21(4,5)17-14/h8-11H,1-7H3. The van der Waals surface area contributed by atoms with Gasteiger partial charge in [0.25, 0.3) is 0 Å². The highest BCUT2D eigenvalue weighted by Gasteiger charge is 2.48. The maximum Gasteiger partial charge on any atom is 0.475 e. The van der Waals surface area contributed by atoms with Crippen LogP contribution in [0.5, 0.6) is 5.75 Å². The number of rotatable bonds is 2. The Labute approximate surface area is 136 Å². The summed E-state index contributed by atoms with van der Waals surface area (Å²) < 4.78 is 30.2. The lowest BCUT2D eigenvalue weighted by atomic mass is 9.80. The molecule has 122 valence electrons. The van der Waals surface area contributed by atoms with Crippen LogP contribution in [0.1, 0.15) is 0 Å². The van der Waals surface area contributed by atoms with Gasteiger partial charge in [-0.25, -0.2) is 0 Å².